The second-order valence-electron chi connectivity index (χ2n) is 5.33. The number of nitrogens with one attached hydrogen (secondary N) is 1. The van der Waals surface area contributed by atoms with Gasteiger partial charge < -0.3 is 0 Å². The van der Waals surface area contributed by atoms with Crippen molar-refractivity contribution in [2.75, 3.05) is 17.1 Å². The van der Waals surface area contributed by atoms with E-state index < -0.39 is 22.5 Å². The van der Waals surface area contributed by atoms with Crippen molar-refractivity contribution in [3.05, 3.63) is 62.1 Å². The number of carbonyl (C=O) groups is 1. The number of hydrogen-bond donors (Lipinski definition) is 1. The predicted molar refractivity (Wildman–Crippen MR) is 111 cm³/mol. The van der Waals surface area contributed by atoms with E-state index in [0.717, 1.165) is 10.6 Å². The van der Waals surface area contributed by atoms with Crippen molar-refractivity contribution >= 4 is 74.2 Å². The molecule has 0 aliphatic heterocycles. The molecule has 144 valence electrons. The van der Waals surface area contributed by atoms with Crippen LogP contribution in [0.1, 0.15) is 5.56 Å². The minimum Gasteiger partial charge on any atom is -0.271 e. The molecule has 0 bridgehead atoms. The number of halogens is 4. The Balaban J connectivity index is 2.13. The average molecular weight is 469 g/mol. The van der Waals surface area contributed by atoms with Gasteiger partial charge in [0, 0.05) is 5.02 Å². The molecule has 0 radical (unpaired) electrons. The highest BCUT2D eigenvalue weighted by Crippen LogP contribution is 2.30. The fourth-order valence-corrected chi connectivity index (χ4v) is 3.60. The quantitative estimate of drug-likeness (QED) is 0.509. The average Bonchev–Trinajstić information content (AvgIpc) is 2.57. The summed E-state index contributed by atoms with van der Waals surface area (Å²) in [5, 5.41) is 4.92. The molecule has 11 heteroatoms. The van der Waals surface area contributed by atoms with Gasteiger partial charge in [-0.15, -0.1) is 0 Å². The fourth-order valence-electron chi connectivity index (χ4n) is 2.00. The van der Waals surface area contributed by atoms with Crippen molar-refractivity contribution in [2.45, 2.75) is 0 Å². The van der Waals surface area contributed by atoms with Crippen LogP contribution < -0.4 is 9.73 Å². The Kier molecular flexibility index (Phi) is 7.36. The number of nitrogens with zero attached hydrogens (tertiary/aromatic N) is 2. The van der Waals surface area contributed by atoms with Crippen LogP contribution in [0.15, 0.2) is 41.5 Å². The maximum absolute atomic E-state index is 12.1. The molecule has 27 heavy (non-hydrogen) atoms. The van der Waals surface area contributed by atoms with Crippen LogP contribution in [0.25, 0.3) is 0 Å². The normalized spacial score (nSPS) is 11.6. The Bertz CT molecular complexity index is 996. The first-order valence-corrected chi connectivity index (χ1v) is 10.6. The van der Waals surface area contributed by atoms with Crippen molar-refractivity contribution in [2.24, 2.45) is 5.10 Å². The van der Waals surface area contributed by atoms with Crippen molar-refractivity contribution < 1.29 is 13.2 Å². The maximum atomic E-state index is 12.1. The highest BCUT2D eigenvalue weighted by molar-refractivity contribution is 7.92. The van der Waals surface area contributed by atoms with E-state index in [0.29, 0.717) is 15.6 Å². The molecule has 0 aliphatic rings. The summed E-state index contributed by atoms with van der Waals surface area (Å²) in [7, 11) is -3.79. The number of sulfonamides is 1. The van der Waals surface area contributed by atoms with Gasteiger partial charge in [-0.2, -0.15) is 5.10 Å². The van der Waals surface area contributed by atoms with Crippen LogP contribution >= 0.6 is 46.4 Å². The lowest BCUT2D eigenvalue weighted by Gasteiger charge is -2.22. The largest absolute Gasteiger partial charge is 0.271 e. The minimum absolute atomic E-state index is 0.0929. The van der Waals surface area contributed by atoms with Crippen LogP contribution in [0.5, 0.6) is 0 Å². The molecule has 0 fully saturated rings. The molecule has 2 rings (SSSR count). The SMILES string of the molecule is CS(=O)(=O)N(CC(=O)N/N=C\c1ccc(Cl)c(Cl)c1)c1cc(Cl)ccc1Cl. The van der Waals surface area contributed by atoms with E-state index >= 15 is 0 Å². The molecule has 6 nitrogen and oxygen atoms in total. The second-order valence-corrected chi connectivity index (χ2v) is 8.90. The Morgan fingerprint density at radius 1 is 1.07 bits per heavy atom. The van der Waals surface area contributed by atoms with Crippen molar-refractivity contribution in [3.8, 4) is 0 Å². The van der Waals surface area contributed by atoms with Crippen molar-refractivity contribution in [3.63, 3.8) is 0 Å². The zero-order valence-electron chi connectivity index (χ0n) is 13.8. The predicted octanol–water partition coefficient (Wildman–Crippen LogP) is 4.22. The molecule has 0 spiro atoms. The molecule has 2 aromatic carbocycles. The van der Waals surface area contributed by atoms with Gasteiger partial charge in [0.2, 0.25) is 10.0 Å². The van der Waals surface area contributed by atoms with Crippen LogP contribution in [0.3, 0.4) is 0 Å². The van der Waals surface area contributed by atoms with E-state index in [-0.39, 0.29) is 15.7 Å². The van der Waals surface area contributed by atoms with Gasteiger partial charge in [-0.3, -0.25) is 9.10 Å². The molecule has 0 saturated carbocycles. The van der Waals surface area contributed by atoms with E-state index in [1.165, 1.54) is 24.4 Å². The van der Waals surface area contributed by atoms with E-state index in [2.05, 4.69) is 10.5 Å². The van der Waals surface area contributed by atoms with Gasteiger partial charge in [0.25, 0.3) is 5.91 Å². The molecular weight excluding hydrogens is 456 g/mol. The first kappa shape index (κ1) is 21.8. The smallest absolute Gasteiger partial charge is 0.260 e. The minimum atomic E-state index is -3.79. The van der Waals surface area contributed by atoms with E-state index in [4.69, 9.17) is 46.4 Å². The molecule has 0 heterocycles. The van der Waals surface area contributed by atoms with Gasteiger partial charge in [0.05, 0.1) is 33.2 Å². The van der Waals surface area contributed by atoms with Crippen LogP contribution in [0.4, 0.5) is 5.69 Å². The lowest BCUT2D eigenvalue weighted by atomic mass is 10.2. The Morgan fingerprint density at radius 2 is 1.74 bits per heavy atom. The number of carbonyl (C=O) groups excluding carboxylic acids is 1. The van der Waals surface area contributed by atoms with E-state index in [1.54, 1.807) is 18.2 Å². The maximum Gasteiger partial charge on any atom is 0.260 e. The van der Waals surface area contributed by atoms with Gasteiger partial charge in [0.15, 0.2) is 0 Å². The van der Waals surface area contributed by atoms with Gasteiger partial charge in [-0.05, 0) is 35.9 Å². The van der Waals surface area contributed by atoms with Crippen LogP contribution in [0.2, 0.25) is 20.1 Å². The summed E-state index contributed by atoms with van der Waals surface area (Å²) in [5.41, 5.74) is 2.94. The third-order valence-corrected chi connectivity index (χ3v) is 5.63. The van der Waals surface area contributed by atoms with Gasteiger partial charge in [-0.1, -0.05) is 52.5 Å². The fraction of sp³-hybridized carbons (Fsp3) is 0.125. The highest BCUT2D eigenvalue weighted by Gasteiger charge is 2.23. The molecule has 0 saturated heterocycles. The molecule has 0 aliphatic carbocycles. The summed E-state index contributed by atoms with van der Waals surface area (Å²) in [6.45, 7) is -0.530. The molecule has 0 unspecified atom stereocenters. The van der Waals surface area contributed by atoms with Crippen LogP contribution in [-0.2, 0) is 14.8 Å². The summed E-state index contributed by atoms with van der Waals surface area (Å²) in [5.74, 6) is -0.673. The van der Waals surface area contributed by atoms with E-state index in [9.17, 15) is 13.2 Å². The Morgan fingerprint density at radius 3 is 2.37 bits per heavy atom. The third kappa shape index (κ3) is 6.26. The second kappa shape index (κ2) is 9.12. The highest BCUT2D eigenvalue weighted by atomic mass is 35.5. The number of hydrazone groups is 1. The first-order chi connectivity index (χ1) is 12.6. The molecule has 1 N–H and O–H groups in total. The first-order valence-electron chi connectivity index (χ1n) is 7.27. The van der Waals surface area contributed by atoms with Crippen LogP contribution in [0, 0.1) is 0 Å². The number of amides is 1. The molecule has 1 amide bonds. The third-order valence-electron chi connectivity index (χ3n) is 3.21. The standard InChI is InChI=1S/C16H13Cl4N3O3S/c1-27(25,26)23(15-7-11(17)3-5-13(15)19)9-16(24)22-21-8-10-2-4-12(18)14(20)6-10/h2-8H,9H2,1H3,(H,22,24)/b21-8-. The van der Waals surface area contributed by atoms with Gasteiger partial charge in [0.1, 0.15) is 6.54 Å². The Labute approximate surface area is 176 Å². The summed E-state index contributed by atoms with van der Waals surface area (Å²) in [6, 6.07) is 9.11. The number of benzene rings is 2. The monoisotopic (exact) mass is 467 g/mol. The van der Waals surface area contributed by atoms with Crippen molar-refractivity contribution in [1.82, 2.24) is 5.43 Å². The molecule has 0 aromatic heterocycles. The van der Waals surface area contributed by atoms with E-state index in [1.807, 2.05) is 0 Å². The van der Waals surface area contributed by atoms with Gasteiger partial charge in [-0.25, -0.2) is 13.8 Å². The van der Waals surface area contributed by atoms with Gasteiger partial charge >= 0.3 is 0 Å². The lowest BCUT2D eigenvalue weighted by molar-refractivity contribution is -0.119. The van der Waals surface area contributed by atoms with Crippen LogP contribution in [-0.4, -0.2) is 33.3 Å². The summed E-state index contributed by atoms with van der Waals surface area (Å²) < 4.78 is 25.0. The number of rotatable bonds is 6. The molecular formula is C16H13Cl4N3O3S. The summed E-state index contributed by atoms with van der Waals surface area (Å²) in [4.78, 5) is 12.1. The Hall–Kier alpha value is -1.51. The topological polar surface area (TPSA) is 78.8 Å². The molecule has 0 atom stereocenters. The number of anilines is 1. The number of hydrogen-bond acceptors (Lipinski definition) is 4. The summed E-state index contributed by atoms with van der Waals surface area (Å²) >= 11 is 23.7. The summed E-state index contributed by atoms with van der Waals surface area (Å²) in [6.07, 6.45) is 2.30. The molecule has 2 aromatic rings. The zero-order chi connectivity index (χ0) is 20.2. The van der Waals surface area contributed by atoms with Crippen molar-refractivity contribution in [1.29, 1.82) is 0 Å². The lowest BCUT2D eigenvalue weighted by Crippen LogP contribution is -2.39. The zero-order valence-corrected chi connectivity index (χ0v) is 17.6.